The highest BCUT2D eigenvalue weighted by molar-refractivity contribution is 6.15. The highest BCUT2D eigenvalue weighted by Crippen LogP contribution is 2.37. The zero-order valence-electron chi connectivity index (χ0n) is 15.2. The van der Waals surface area contributed by atoms with Gasteiger partial charge in [0, 0.05) is 23.1 Å². The number of rotatable bonds is 4. The summed E-state index contributed by atoms with van der Waals surface area (Å²) >= 11 is 0. The Morgan fingerprint density at radius 1 is 1.04 bits per heavy atom. The third kappa shape index (κ3) is 3.05. The maximum absolute atomic E-state index is 13.4. The Bertz CT molecular complexity index is 1120. The van der Waals surface area contributed by atoms with Gasteiger partial charge in [-0.1, -0.05) is 0 Å². The predicted molar refractivity (Wildman–Crippen MR) is 99.5 cm³/mol. The molecule has 0 atom stereocenters. The number of halogens is 2. The molecule has 28 heavy (non-hydrogen) atoms. The van der Waals surface area contributed by atoms with Crippen LogP contribution in [0.3, 0.4) is 0 Å². The summed E-state index contributed by atoms with van der Waals surface area (Å²) in [5, 5.41) is 6.93. The molecule has 0 saturated heterocycles. The molecule has 0 spiro atoms. The molecule has 1 N–H and O–H groups in total. The van der Waals surface area contributed by atoms with Crippen LogP contribution in [-0.4, -0.2) is 30.2 Å². The summed E-state index contributed by atoms with van der Waals surface area (Å²) in [7, 11) is 3.06. The first-order valence-electron chi connectivity index (χ1n) is 8.51. The van der Waals surface area contributed by atoms with Crippen molar-refractivity contribution in [1.29, 1.82) is 0 Å². The Morgan fingerprint density at radius 2 is 1.79 bits per heavy atom. The number of Topliss-reactive ketones (excluding diaryl/α,β-unsaturated/α-hetero) is 1. The largest absolute Gasteiger partial charge is 0.493 e. The second-order valence-electron chi connectivity index (χ2n) is 6.38. The van der Waals surface area contributed by atoms with E-state index < -0.39 is 11.6 Å². The van der Waals surface area contributed by atoms with Gasteiger partial charge in [0.25, 0.3) is 0 Å². The van der Waals surface area contributed by atoms with Crippen molar-refractivity contribution in [1.82, 2.24) is 10.2 Å². The van der Waals surface area contributed by atoms with E-state index in [1.54, 1.807) is 31.4 Å². The number of hydrogen-bond acceptors (Lipinski definition) is 4. The molecule has 0 radical (unpaired) electrons. The molecule has 1 aliphatic carbocycles. The van der Waals surface area contributed by atoms with Gasteiger partial charge >= 0.3 is 0 Å². The molecule has 3 aromatic rings. The molecule has 4 rings (SSSR count). The van der Waals surface area contributed by atoms with Crippen molar-refractivity contribution in [3.63, 3.8) is 0 Å². The minimum absolute atomic E-state index is 0.0973. The van der Waals surface area contributed by atoms with E-state index in [4.69, 9.17) is 9.47 Å². The number of nitrogens with one attached hydrogen (secondary N) is 1. The average Bonchev–Trinajstić information content (AvgIpc) is 3.28. The molecule has 0 bridgehead atoms. The second-order valence-corrected chi connectivity index (χ2v) is 6.38. The number of ether oxygens (including phenoxy) is 2. The van der Waals surface area contributed by atoms with Gasteiger partial charge in [-0.05, 0) is 48.0 Å². The lowest BCUT2D eigenvalue weighted by atomic mass is 10.1. The van der Waals surface area contributed by atoms with Gasteiger partial charge in [0.1, 0.15) is 0 Å². The van der Waals surface area contributed by atoms with Gasteiger partial charge in [-0.25, -0.2) is 8.78 Å². The number of ketones is 1. The summed E-state index contributed by atoms with van der Waals surface area (Å²) in [4.78, 5) is 12.7. The molecule has 0 unspecified atom stereocenters. The number of carbonyl (C=O) groups excluding carboxylic acids is 1. The smallest absolute Gasteiger partial charge is 0.189 e. The summed E-state index contributed by atoms with van der Waals surface area (Å²) in [5.74, 6) is -0.887. The van der Waals surface area contributed by atoms with E-state index in [9.17, 15) is 13.6 Å². The van der Waals surface area contributed by atoms with Crippen molar-refractivity contribution in [2.24, 2.45) is 0 Å². The maximum Gasteiger partial charge on any atom is 0.189 e. The van der Waals surface area contributed by atoms with E-state index in [1.807, 2.05) is 0 Å². The van der Waals surface area contributed by atoms with Gasteiger partial charge in [0.15, 0.2) is 28.9 Å². The number of H-pyrrole nitrogens is 1. The van der Waals surface area contributed by atoms with E-state index in [0.717, 1.165) is 17.7 Å². The van der Waals surface area contributed by atoms with Crippen molar-refractivity contribution in [2.75, 3.05) is 14.2 Å². The minimum Gasteiger partial charge on any atom is -0.493 e. The molecule has 5 nitrogen and oxygen atoms in total. The average molecular weight is 382 g/mol. The highest BCUT2D eigenvalue weighted by Gasteiger charge is 2.27. The van der Waals surface area contributed by atoms with Crippen LogP contribution in [0.5, 0.6) is 11.5 Å². The predicted octanol–water partition coefficient (Wildman–Crippen LogP) is 4.19. The SMILES string of the molecule is COc1cc2c(cc1OC)C(=O)C(=Cc1cc(-c3ccc(F)c(F)c3)n[nH]1)C2. The third-order valence-corrected chi connectivity index (χ3v) is 4.67. The fourth-order valence-electron chi connectivity index (χ4n) is 3.26. The monoisotopic (exact) mass is 382 g/mol. The van der Waals surface area contributed by atoms with E-state index in [-0.39, 0.29) is 5.78 Å². The molecule has 1 heterocycles. The maximum atomic E-state index is 13.4. The van der Waals surface area contributed by atoms with Gasteiger partial charge in [-0.3, -0.25) is 9.89 Å². The summed E-state index contributed by atoms with van der Waals surface area (Å²) < 4.78 is 37.1. The number of hydrogen-bond donors (Lipinski definition) is 1. The molecular weight excluding hydrogens is 366 g/mol. The minimum atomic E-state index is -0.940. The lowest BCUT2D eigenvalue weighted by Crippen LogP contribution is -1.97. The van der Waals surface area contributed by atoms with Crippen LogP contribution in [0.2, 0.25) is 0 Å². The summed E-state index contributed by atoms with van der Waals surface area (Å²) in [6.45, 7) is 0. The molecular formula is C21H16F2N2O3. The number of methoxy groups -OCH3 is 2. The zero-order chi connectivity index (χ0) is 19.8. The molecule has 1 aliphatic rings. The number of allylic oxidation sites excluding steroid dienone is 1. The molecule has 7 heteroatoms. The number of aromatic nitrogens is 2. The van der Waals surface area contributed by atoms with E-state index >= 15 is 0 Å². The number of aromatic amines is 1. The number of fused-ring (bicyclic) bond motifs is 1. The van der Waals surface area contributed by atoms with Crippen LogP contribution in [-0.2, 0) is 6.42 Å². The van der Waals surface area contributed by atoms with Gasteiger partial charge < -0.3 is 9.47 Å². The first-order chi connectivity index (χ1) is 13.5. The number of nitrogens with zero attached hydrogens (tertiary/aromatic N) is 1. The summed E-state index contributed by atoms with van der Waals surface area (Å²) in [6, 6.07) is 8.73. The van der Waals surface area contributed by atoms with Crippen LogP contribution in [0.4, 0.5) is 8.78 Å². The lowest BCUT2D eigenvalue weighted by Gasteiger charge is -2.08. The van der Waals surface area contributed by atoms with Gasteiger partial charge in [0.05, 0.1) is 25.6 Å². The Balaban J connectivity index is 1.64. The number of carbonyl (C=O) groups is 1. The first kappa shape index (κ1) is 17.9. The third-order valence-electron chi connectivity index (χ3n) is 4.67. The van der Waals surface area contributed by atoms with Crippen molar-refractivity contribution in [2.45, 2.75) is 6.42 Å². The van der Waals surface area contributed by atoms with Gasteiger partial charge in [-0.15, -0.1) is 0 Å². The lowest BCUT2D eigenvalue weighted by molar-refractivity contribution is 0.104. The molecule has 0 aliphatic heterocycles. The van der Waals surface area contributed by atoms with Crippen molar-refractivity contribution < 1.29 is 23.0 Å². The van der Waals surface area contributed by atoms with E-state index in [0.29, 0.717) is 46.0 Å². The van der Waals surface area contributed by atoms with Crippen LogP contribution in [0.1, 0.15) is 21.6 Å². The quantitative estimate of drug-likeness (QED) is 0.687. The van der Waals surface area contributed by atoms with Crippen LogP contribution >= 0.6 is 0 Å². The molecule has 1 aromatic heterocycles. The topological polar surface area (TPSA) is 64.2 Å². The van der Waals surface area contributed by atoms with Crippen LogP contribution in [0, 0.1) is 11.6 Å². The highest BCUT2D eigenvalue weighted by atomic mass is 19.2. The zero-order valence-corrected chi connectivity index (χ0v) is 15.2. The van der Waals surface area contributed by atoms with Crippen molar-refractivity contribution in [3.05, 3.63) is 70.4 Å². The number of benzene rings is 2. The molecule has 0 fully saturated rings. The van der Waals surface area contributed by atoms with Crippen LogP contribution in [0.15, 0.2) is 42.0 Å². The molecule has 2 aromatic carbocycles. The van der Waals surface area contributed by atoms with E-state index in [2.05, 4.69) is 10.2 Å². The van der Waals surface area contributed by atoms with Crippen molar-refractivity contribution >= 4 is 11.9 Å². The standard InChI is InChI=1S/C21H16F2N2O3/c1-27-19-8-12-5-13(21(26)15(12)10-20(19)28-2)6-14-9-18(25-24-14)11-3-4-16(22)17(23)7-11/h3-4,6-10H,5H2,1-2H3,(H,24,25). The first-order valence-corrected chi connectivity index (χ1v) is 8.51. The fraction of sp³-hybridized carbons (Fsp3) is 0.143. The summed E-state index contributed by atoms with van der Waals surface area (Å²) in [5.41, 5.74) is 3.51. The van der Waals surface area contributed by atoms with Gasteiger partial charge in [-0.2, -0.15) is 5.10 Å². The molecule has 0 amide bonds. The Kier molecular flexibility index (Phi) is 4.43. The molecule has 0 saturated carbocycles. The van der Waals surface area contributed by atoms with Crippen LogP contribution < -0.4 is 9.47 Å². The Morgan fingerprint density at radius 3 is 2.50 bits per heavy atom. The fourth-order valence-corrected chi connectivity index (χ4v) is 3.26. The summed E-state index contributed by atoms with van der Waals surface area (Å²) in [6.07, 6.45) is 2.16. The van der Waals surface area contributed by atoms with Crippen LogP contribution in [0.25, 0.3) is 17.3 Å². The van der Waals surface area contributed by atoms with Crippen molar-refractivity contribution in [3.8, 4) is 22.8 Å². The Hall–Kier alpha value is -3.48. The molecule has 142 valence electrons. The van der Waals surface area contributed by atoms with Gasteiger partial charge in [0.2, 0.25) is 0 Å². The normalized spacial score (nSPS) is 14.4. The Labute approximate surface area is 159 Å². The van der Waals surface area contributed by atoms with E-state index in [1.165, 1.54) is 13.2 Å². The second kappa shape index (κ2) is 6.92.